The molecule has 6 nitrogen and oxygen atoms in total. The van der Waals surface area contributed by atoms with Gasteiger partial charge in [-0.3, -0.25) is 9.59 Å². The Morgan fingerprint density at radius 3 is 2.52 bits per heavy atom. The first-order chi connectivity index (χ1) is 14.8. The molecule has 0 fully saturated rings. The Morgan fingerprint density at radius 1 is 1.13 bits per heavy atom. The summed E-state index contributed by atoms with van der Waals surface area (Å²) in [4.78, 5) is 32.8. The normalized spacial score (nSPS) is 20.8. The Morgan fingerprint density at radius 2 is 1.87 bits per heavy atom. The minimum absolute atomic E-state index is 0.110. The summed E-state index contributed by atoms with van der Waals surface area (Å²) in [5.41, 5.74) is 4.99. The predicted molar refractivity (Wildman–Crippen MR) is 123 cm³/mol. The van der Waals surface area contributed by atoms with Gasteiger partial charge in [-0.2, -0.15) is 0 Å². The number of nitrogens with zero attached hydrogens (tertiary/aromatic N) is 2. The van der Waals surface area contributed by atoms with Crippen molar-refractivity contribution in [2.75, 3.05) is 24.3 Å². The van der Waals surface area contributed by atoms with E-state index in [-0.39, 0.29) is 17.6 Å². The van der Waals surface area contributed by atoms with Gasteiger partial charge in [-0.25, -0.2) is 4.98 Å². The molecule has 1 aliphatic heterocycles. The summed E-state index contributed by atoms with van der Waals surface area (Å²) < 4.78 is 0. The van der Waals surface area contributed by atoms with E-state index >= 15 is 0 Å². The van der Waals surface area contributed by atoms with Gasteiger partial charge in [-0.1, -0.05) is 25.1 Å². The lowest BCUT2D eigenvalue weighted by Gasteiger charge is -2.36. The molecule has 1 aromatic heterocycles. The van der Waals surface area contributed by atoms with Crippen LogP contribution in [-0.2, 0) is 9.59 Å². The van der Waals surface area contributed by atoms with Crippen molar-refractivity contribution in [1.82, 2.24) is 10.3 Å². The van der Waals surface area contributed by atoms with E-state index in [0.29, 0.717) is 23.4 Å². The van der Waals surface area contributed by atoms with Crippen molar-refractivity contribution in [2.45, 2.75) is 32.6 Å². The molecule has 0 saturated heterocycles. The third-order valence-corrected chi connectivity index (χ3v) is 5.93. The molecule has 0 spiro atoms. The number of pyridine rings is 1. The summed E-state index contributed by atoms with van der Waals surface area (Å²) in [5, 5.41) is 6.27. The van der Waals surface area contributed by atoms with E-state index in [2.05, 4.69) is 22.5 Å². The van der Waals surface area contributed by atoms with Crippen LogP contribution in [0, 0.1) is 5.92 Å². The molecule has 2 N–H and O–H groups in total. The highest BCUT2D eigenvalue weighted by atomic mass is 16.2. The second-order valence-electron chi connectivity index (χ2n) is 8.58. The van der Waals surface area contributed by atoms with Crippen molar-refractivity contribution in [3.63, 3.8) is 0 Å². The van der Waals surface area contributed by atoms with Crippen LogP contribution in [0.25, 0.3) is 0 Å². The van der Waals surface area contributed by atoms with Crippen molar-refractivity contribution < 1.29 is 9.59 Å². The van der Waals surface area contributed by atoms with Crippen molar-refractivity contribution in [2.24, 2.45) is 5.92 Å². The van der Waals surface area contributed by atoms with E-state index in [1.807, 2.05) is 56.3 Å². The second-order valence-corrected chi connectivity index (χ2v) is 8.58. The van der Waals surface area contributed by atoms with Crippen LogP contribution < -0.4 is 15.5 Å². The minimum Gasteiger partial charge on any atom is -0.378 e. The van der Waals surface area contributed by atoms with Gasteiger partial charge in [-0.15, -0.1) is 0 Å². The molecule has 2 aromatic rings. The summed E-state index contributed by atoms with van der Waals surface area (Å²) in [6, 6.07) is 13.5. The van der Waals surface area contributed by atoms with Crippen molar-refractivity contribution in [1.29, 1.82) is 0 Å². The lowest BCUT2D eigenvalue weighted by Crippen LogP contribution is -2.37. The van der Waals surface area contributed by atoms with Crippen molar-refractivity contribution >= 4 is 23.2 Å². The fraction of sp³-hybridized carbons (Fsp3) is 0.320. The van der Waals surface area contributed by atoms with Crippen LogP contribution in [0.4, 0.5) is 11.5 Å². The molecule has 0 unspecified atom stereocenters. The van der Waals surface area contributed by atoms with Crippen molar-refractivity contribution in [3.8, 4) is 0 Å². The zero-order valence-electron chi connectivity index (χ0n) is 18.4. The number of amides is 1. The zero-order valence-corrected chi connectivity index (χ0v) is 18.4. The largest absolute Gasteiger partial charge is 0.378 e. The van der Waals surface area contributed by atoms with Crippen molar-refractivity contribution in [3.05, 3.63) is 76.8 Å². The topological polar surface area (TPSA) is 74.3 Å². The number of hydrogen-bond donors (Lipinski definition) is 2. The molecular weight excluding hydrogens is 388 g/mol. The Labute approximate surface area is 183 Å². The summed E-state index contributed by atoms with van der Waals surface area (Å²) in [6.07, 6.45) is 2.95. The second kappa shape index (κ2) is 8.38. The number of anilines is 2. The summed E-state index contributed by atoms with van der Waals surface area (Å²) >= 11 is 0. The molecule has 1 aliphatic carbocycles. The number of benzene rings is 1. The highest BCUT2D eigenvalue weighted by molar-refractivity contribution is 6.09. The number of hydrogen-bond acceptors (Lipinski definition) is 5. The molecule has 2 aliphatic rings. The van der Waals surface area contributed by atoms with Gasteiger partial charge < -0.3 is 15.5 Å². The SMILES string of the molecule is CC1=C(C(=O)Nc2ccccn2)[C@H](c2ccc(N(C)C)cc2)C2=C(C[C@H](C)CC2=O)N1. The van der Waals surface area contributed by atoms with Gasteiger partial charge in [0, 0.05) is 60.9 Å². The molecule has 2 atom stereocenters. The fourth-order valence-corrected chi connectivity index (χ4v) is 4.45. The van der Waals surface area contributed by atoms with Gasteiger partial charge >= 0.3 is 0 Å². The number of aromatic nitrogens is 1. The Hall–Kier alpha value is -3.41. The van der Waals surface area contributed by atoms with Gasteiger partial charge in [0.15, 0.2) is 5.78 Å². The van der Waals surface area contributed by atoms with E-state index in [1.54, 1.807) is 18.3 Å². The number of carbonyl (C=O) groups is 2. The maximum absolute atomic E-state index is 13.4. The van der Waals surface area contributed by atoms with Gasteiger partial charge in [0.2, 0.25) is 0 Å². The average Bonchev–Trinajstić information content (AvgIpc) is 2.73. The summed E-state index contributed by atoms with van der Waals surface area (Å²) in [6.45, 7) is 3.99. The maximum Gasteiger partial charge on any atom is 0.255 e. The fourth-order valence-electron chi connectivity index (χ4n) is 4.45. The number of allylic oxidation sites excluding steroid dienone is 3. The van der Waals surface area contributed by atoms with E-state index in [4.69, 9.17) is 0 Å². The zero-order chi connectivity index (χ0) is 22.1. The number of nitrogens with one attached hydrogen (secondary N) is 2. The average molecular weight is 417 g/mol. The molecule has 4 rings (SSSR count). The Bertz CT molecular complexity index is 1070. The molecule has 31 heavy (non-hydrogen) atoms. The summed E-state index contributed by atoms with van der Waals surface area (Å²) in [5.74, 6) is 0.225. The molecule has 2 heterocycles. The first kappa shape index (κ1) is 20.8. The molecule has 6 heteroatoms. The third kappa shape index (κ3) is 4.10. The van der Waals surface area contributed by atoms with E-state index in [0.717, 1.165) is 29.1 Å². The molecule has 0 radical (unpaired) electrons. The molecular formula is C25H28N4O2. The molecule has 0 bridgehead atoms. The maximum atomic E-state index is 13.4. The third-order valence-electron chi connectivity index (χ3n) is 5.93. The number of carbonyl (C=O) groups excluding carboxylic acids is 2. The predicted octanol–water partition coefficient (Wildman–Crippen LogP) is 4.00. The molecule has 160 valence electrons. The molecule has 1 aromatic carbocycles. The lowest BCUT2D eigenvalue weighted by atomic mass is 9.73. The first-order valence-electron chi connectivity index (χ1n) is 10.6. The van der Waals surface area contributed by atoms with Crippen LogP contribution in [0.1, 0.15) is 38.2 Å². The van der Waals surface area contributed by atoms with E-state index < -0.39 is 5.92 Å². The molecule has 1 amide bonds. The van der Waals surface area contributed by atoms with Crippen LogP contribution >= 0.6 is 0 Å². The number of dihydropyridines is 1. The minimum atomic E-state index is -0.406. The van der Waals surface area contributed by atoms with Gasteiger partial charge in [0.1, 0.15) is 5.82 Å². The number of ketones is 1. The molecule has 0 saturated carbocycles. The van der Waals surface area contributed by atoms with E-state index in [1.165, 1.54) is 0 Å². The van der Waals surface area contributed by atoms with Gasteiger partial charge in [0.25, 0.3) is 5.91 Å². The Kier molecular flexibility index (Phi) is 5.63. The van der Waals surface area contributed by atoms with Crippen LogP contribution in [0.3, 0.4) is 0 Å². The van der Waals surface area contributed by atoms with Crippen LogP contribution in [0.2, 0.25) is 0 Å². The highest BCUT2D eigenvalue weighted by Crippen LogP contribution is 2.43. The number of Topliss-reactive ketones (excluding diaryl/α,β-unsaturated/α-hetero) is 1. The van der Waals surface area contributed by atoms with Gasteiger partial charge in [0.05, 0.1) is 0 Å². The van der Waals surface area contributed by atoms with Crippen LogP contribution in [0.15, 0.2) is 71.2 Å². The standard InChI is InChI=1S/C25H28N4O2/c1-15-13-19-24(20(30)14-15)23(17-8-10-18(11-9-17)29(3)4)22(16(2)27-19)25(31)28-21-7-5-6-12-26-21/h5-12,15,23,27H,13-14H2,1-4H3,(H,26,28,31)/t15-,23-/m0/s1. The van der Waals surface area contributed by atoms with E-state index in [9.17, 15) is 9.59 Å². The van der Waals surface area contributed by atoms with Gasteiger partial charge in [-0.05, 0) is 49.1 Å². The number of rotatable bonds is 4. The monoisotopic (exact) mass is 416 g/mol. The first-order valence-corrected chi connectivity index (χ1v) is 10.6. The van der Waals surface area contributed by atoms with Crippen LogP contribution in [-0.4, -0.2) is 30.8 Å². The highest BCUT2D eigenvalue weighted by Gasteiger charge is 2.39. The summed E-state index contributed by atoms with van der Waals surface area (Å²) in [7, 11) is 3.98. The quantitative estimate of drug-likeness (QED) is 0.788. The lowest BCUT2D eigenvalue weighted by molar-refractivity contribution is -0.117. The van der Waals surface area contributed by atoms with Crippen LogP contribution in [0.5, 0.6) is 0 Å². The smallest absolute Gasteiger partial charge is 0.255 e. The Balaban J connectivity index is 1.79.